The van der Waals surface area contributed by atoms with Crippen LogP contribution in [0.15, 0.2) is 34.8 Å². The van der Waals surface area contributed by atoms with E-state index in [1.54, 1.807) is 32.2 Å². The van der Waals surface area contributed by atoms with E-state index in [1.165, 1.54) is 17.8 Å². The summed E-state index contributed by atoms with van der Waals surface area (Å²) in [6.45, 7) is 3.50. The van der Waals surface area contributed by atoms with Gasteiger partial charge >= 0.3 is 11.7 Å². The zero-order valence-corrected chi connectivity index (χ0v) is 16.4. The average Bonchev–Trinajstić information content (AvgIpc) is 2.64. The maximum atomic E-state index is 11.9. The van der Waals surface area contributed by atoms with Crippen LogP contribution in [0.2, 0.25) is 0 Å². The number of ether oxygens (including phenoxy) is 2. The molecular weight excluding hydrogens is 386 g/mol. The number of carbonyl (C=O) groups is 1. The fraction of sp³-hybridized carbons (Fsp3) is 0.353. The van der Waals surface area contributed by atoms with Gasteiger partial charge in [0.25, 0.3) is 5.88 Å². The highest BCUT2D eigenvalue weighted by Crippen LogP contribution is 2.29. The lowest BCUT2D eigenvalue weighted by molar-refractivity contribution is -0.419. The third-order valence-electron chi connectivity index (χ3n) is 3.76. The monoisotopic (exact) mass is 405 g/mol. The highest BCUT2D eigenvalue weighted by molar-refractivity contribution is 7.99. The van der Waals surface area contributed by atoms with Gasteiger partial charge in [0.1, 0.15) is 11.5 Å². The largest absolute Gasteiger partial charge is 0.466 e. The highest BCUT2D eigenvalue weighted by Gasteiger charge is 2.39. The Kier molecular flexibility index (Phi) is 6.97. The Labute approximate surface area is 165 Å². The number of aryl methyl sites for hydroxylation is 1. The van der Waals surface area contributed by atoms with Gasteiger partial charge in [0.2, 0.25) is 0 Å². The molecule has 0 radical (unpaired) electrons. The second-order valence-electron chi connectivity index (χ2n) is 5.63. The number of carbonyl (C=O) groups excluding carboxylic acids is 1. The van der Waals surface area contributed by atoms with Crippen molar-refractivity contribution in [2.75, 3.05) is 12.9 Å². The number of hydrogen-bond acceptors (Lipinski definition) is 10. The summed E-state index contributed by atoms with van der Waals surface area (Å²) in [4.78, 5) is 27.1. The normalized spacial score (nSPS) is 16.3. The van der Waals surface area contributed by atoms with Crippen LogP contribution in [-0.4, -0.2) is 40.0 Å². The fourth-order valence-electron chi connectivity index (χ4n) is 2.47. The molecule has 1 aromatic carbocycles. The number of hydrogen-bond donors (Lipinski definition) is 1. The quantitative estimate of drug-likeness (QED) is 0.311. The molecule has 2 rings (SSSR count). The zero-order chi connectivity index (χ0) is 20.8. The molecule has 1 aromatic rings. The molecule has 0 saturated carbocycles. The first-order valence-corrected chi connectivity index (χ1v) is 9.47. The summed E-state index contributed by atoms with van der Waals surface area (Å²) in [6.07, 6.45) is 1.34. The van der Waals surface area contributed by atoms with Crippen molar-refractivity contribution < 1.29 is 19.2 Å². The molecule has 0 saturated heterocycles. The van der Waals surface area contributed by atoms with Gasteiger partial charge in [-0.25, -0.2) is 15.8 Å². The van der Waals surface area contributed by atoms with E-state index in [-0.39, 0.29) is 30.4 Å². The average molecular weight is 405 g/mol. The molecule has 11 heteroatoms. The van der Waals surface area contributed by atoms with Crippen molar-refractivity contribution in [2.24, 2.45) is 10.8 Å². The molecular formula is C17H19N5O5S. The molecule has 0 amide bonds. The lowest BCUT2D eigenvalue weighted by Gasteiger charge is -2.30. The van der Waals surface area contributed by atoms with Crippen LogP contribution in [0.1, 0.15) is 24.5 Å². The summed E-state index contributed by atoms with van der Waals surface area (Å²) in [7, 11) is 0. The summed E-state index contributed by atoms with van der Waals surface area (Å²) in [6, 6.07) is 6.66. The first kappa shape index (κ1) is 21.2. The van der Waals surface area contributed by atoms with Crippen molar-refractivity contribution in [3.05, 3.63) is 51.0 Å². The van der Waals surface area contributed by atoms with Gasteiger partial charge in [-0.15, -0.1) is 11.8 Å². The second kappa shape index (κ2) is 9.20. The Bertz CT molecular complexity index is 892. The van der Waals surface area contributed by atoms with Crippen LogP contribution in [0.4, 0.5) is 0 Å². The van der Waals surface area contributed by atoms with E-state index in [0.29, 0.717) is 11.1 Å². The van der Waals surface area contributed by atoms with Crippen LogP contribution < -0.4 is 10.6 Å². The van der Waals surface area contributed by atoms with E-state index in [2.05, 4.69) is 4.99 Å². The molecule has 1 heterocycles. The Morgan fingerprint density at radius 2 is 2.25 bits per heavy atom. The number of esters is 1. The van der Waals surface area contributed by atoms with Crippen molar-refractivity contribution in [3.63, 3.8) is 0 Å². The molecule has 1 unspecified atom stereocenters. The molecule has 0 spiro atoms. The number of nitrogens with zero attached hydrogens (tertiary/aromatic N) is 4. The summed E-state index contributed by atoms with van der Waals surface area (Å²) >= 11 is 1.22. The minimum atomic E-state index is -0.720. The lowest BCUT2D eigenvalue weighted by atomic mass is 10.1. The summed E-state index contributed by atoms with van der Waals surface area (Å²) in [5.74, 6) is 5.38. The summed E-state index contributed by atoms with van der Waals surface area (Å²) in [5.41, 5.74) is -0.213. The molecule has 0 fully saturated rings. The number of thioether (sulfide) groups is 1. The van der Waals surface area contributed by atoms with Crippen LogP contribution in [0.3, 0.4) is 0 Å². The topological polar surface area (TPSA) is 144 Å². The Hall–Kier alpha value is -3.10. The number of nitro groups is 1. The highest BCUT2D eigenvalue weighted by atomic mass is 32.2. The van der Waals surface area contributed by atoms with Gasteiger partial charge in [-0.05, 0) is 43.9 Å². The second-order valence-corrected chi connectivity index (χ2v) is 6.52. The van der Waals surface area contributed by atoms with E-state index in [9.17, 15) is 14.9 Å². The van der Waals surface area contributed by atoms with Gasteiger partial charge < -0.3 is 9.47 Å². The molecule has 28 heavy (non-hydrogen) atoms. The van der Waals surface area contributed by atoms with Crippen molar-refractivity contribution >= 4 is 23.4 Å². The number of hydrazine groups is 1. The maximum absolute atomic E-state index is 11.9. The van der Waals surface area contributed by atoms with Crippen molar-refractivity contribution in [2.45, 2.75) is 25.8 Å². The Morgan fingerprint density at radius 3 is 2.79 bits per heavy atom. The van der Waals surface area contributed by atoms with Crippen LogP contribution >= 0.6 is 11.8 Å². The molecule has 0 aromatic heterocycles. The van der Waals surface area contributed by atoms with E-state index < -0.39 is 22.1 Å². The molecule has 1 aliphatic rings. The van der Waals surface area contributed by atoms with E-state index in [0.717, 1.165) is 5.01 Å². The van der Waals surface area contributed by atoms with E-state index in [1.807, 2.05) is 6.07 Å². The predicted octanol–water partition coefficient (Wildman–Crippen LogP) is 1.92. The molecule has 0 aliphatic carbocycles. The molecule has 10 nitrogen and oxygen atoms in total. The standard InChI is InChI=1S/C17H19N5O5S/c1-4-26-14(23)8-13-15(22(24)25)16(21(19)17(20-13)28-3)27-12-6-5-11(9-18)10(2)7-12/h5-7,17H,4,8,19H2,1-3H3. The summed E-state index contributed by atoms with van der Waals surface area (Å²) < 4.78 is 10.6. The molecule has 1 aliphatic heterocycles. The van der Waals surface area contributed by atoms with Crippen LogP contribution in [-0.2, 0) is 9.53 Å². The third kappa shape index (κ3) is 4.59. The van der Waals surface area contributed by atoms with Crippen LogP contribution in [0.25, 0.3) is 0 Å². The van der Waals surface area contributed by atoms with Gasteiger partial charge in [-0.2, -0.15) is 5.26 Å². The first-order chi connectivity index (χ1) is 13.3. The molecule has 1 atom stereocenters. The van der Waals surface area contributed by atoms with Gasteiger partial charge in [0.05, 0.1) is 29.6 Å². The van der Waals surface area contributed by atoms with Gasteiger partial charge in [-0.1, -0.05) is 0 Å². The van der Waals surface area contributed by atoms with Crippen molar-refractivity contribution in [1.29, 1.82) is 5.26 Å². The zero-order valence-electron chi connectivity index (χ0n) is 15.5. The van der Waals surface area contributed by atoms with Crippen LogP contribution in [0.5, 0.6) is 5.75 Å². The number of rotatable bonds is 7. The third-order valence-corrected chi connectivity index (χ3v) is 4.51. The van der Waals surface area contributed by atoms with Crippen molar-refractivity contribution in [1.82, 2.24) is 5.01 Å². The Balaban J connectivity index is 2.49. The number of nitrogens with two attached hydrogens (primary N) is 1. The fourth-order valence-corrected chi connectivity index (χ4v) is 3.02. The first-order valence-electron chi connectivity index (χ1n) is 8.19. The van der Waals surface area contributed by atoms with E-state index in [4.69, 9.17) is 20.6 Å². The number of nitriles is 1. The minimum Gasteiger partial charge on any atom is -0.466 e. The summed E-state index contributed by atoms with van der Waals surface area (Å²) in [5, 5.41) is 21.8. The molecule has 2 N–H and O–H groups in total. The lowest BCUT2D eigenvalue weighted by Crippen LogP contribution is -2.45. The minimum absolute atomic E-state index is 0.0788. The maximum Gasteiger partial charge on any atom is 0.352 e. The van der Waals surface area contributed by atoms with Gasteiger partial charge in [0.15, 0.2) is 5.50 Å². The number of allylic oxidation sites excluding steroid dienone is 1. The SMILES string of the molecule is CCOC(=O)CC1=NC(SC)N(N)C(Oc2ccc(C#N)c(C)c2)=C1[N+](=O)[O-]. The number of aliphatic imine (C=N–C) groups is 1. The molecule has 0 bridgehead atoms. The van der Waals surface area contributed by atoms with Gasteiger partial charge in [0, 0.05) is 0 Å². The predicted molar refractivity (Wildman–Crippen MR) is 103 cm³/mol. The Morgan fingerprint density at radius 1 is 1.54 bits per heavy atom. The van der Waals surface area contributed by atoms with E-state index >= 15 is 0 Å². The smallest absolute Gasteiger partial charge is 0.352 e. The number of benzene rings is 1. The van der Waals surface area contributed by atoms with Crippen LogP contribution in [0, 0.1) is 28.4 Å². The van der Waals surface area contributed by atoms with Gasteiger partial charge in [-0.3, -0.25) is 14.9 Å². The van der Waals surface area contributed by atoms with Crippen molar-refractivity contribution in [3.8, 4) is 11.8 Å². The molecule has 148 valence electrons.